The number of anilines is 1. The van der Waals surface area contributed by atoms with Gasteiger partial charge in [0.1, 0.15) is 4.88 Å². The van der Waals surface area contributed by atoms with Gasteiger partial charge < -0.3 is 10.5 Å². The van der Waals surface area contributed by atoms with Crippen LogP contribution in [0, 0.1) is 6.92 Å². The second kappa shape index (κ2) is 4.27. The van der Waals surface area contributed by atoms with Crippen LogP contribution in [0.5, 0.6) is 0 Å². The van der Waals surface area contributed by atoms with Gasteiger partial charge >= 0.3 is 5.97 Å². The van der Waals surface area contributed by atoms with Crippen LogP contribution in [0.15, 0.2) is 0 Å². The van der Waals surface area contributed by atoms with Gasteiger partial charge in [0.05, 0.1) is 12.8 Å². The predicted molar refractivity (Wildman–Crippen MR) is 49.9 cm³/mol. The van der Waals surface area contributed by atoms with Crippen molar-refractivity contribution in [3.63, 3.8) is 0 Å². The molecule has 0 aliphatic heterocycles. The van der Waals surface area contributed by atoms with E-state index in [1.54, 1.807) is 6.92 Å². The molecule has 0 aliphatic carbocycles. The van der Waals surface area contributed by atoms with Crippen LogP contribution in [0.3, 0.4) is 0 Å². The predicted octanol–water partition coefficient (Wildman–Crippen LogP) is 1.24. The lowest BCUT2D eigenvalue weighted by molar-refractivity contribution is 0.0605. The highest BCUT2D eigenvalue weighted by Crippen LogP contribution is 2.19. The lowest BCUT2D eigenvalue weighted by atomic mass is 10.4. The fourth-order valence-corrected chi connectivity index (χ4v) is 1.45. The van der Waals surface area contributed by atoms with Gasteiger partial charge in [-0.3, -0.25) is 0 Å². The number of methoxy groups -OCH3 is 1. The summed E-state index contributed by atoms with van der Waals surface area (Å²) in [5.41, 5.74) is 6.00. The van der Waals surface area contributed by atoms with Crippen molar-refractivity contribution in [1.29, 1.82) is 0 Å². The molecule has 1 rings (SSSR count). The van der Waals surface area contributed by atoms with Crippen LogP contribution in [-0.4, -0.2) is 18.1 Å². The normalized spacial score (nSPS) is 8.83. The van der Waals surface area contributed by atoms with E-state index in [1.807, 2.05) is 0 Å². The van der Waals surface area contributed by atoms with Crippen LogP contribution in [0.2, 0.25) is 0 Å². The number of rotatable bonds is 1. The molecule has 1 aromatic rings. The van der Waals surface area contributed by atoms with Crippen LogP contribution in [0.25, 0.3) is 0 Å². The highest BCUT2D eigenvalue weighted by Gasteiger charge is 2.13. The second-order valence-corrected chi connectivity index (χ2v) is 2.99. The number of hydrogen-bond acceptors (Lipinski definition) is 5. The standard InChI is InChI=1S/C6H8N2O2S.ClH/c1-3-4(5(9)10-2)11-6(7)8-3;/h1-2H3,(H2,7,8);1H. The van der Waals surface area contributed by atoms with Crippen molar-refractivity contribution in [1.82, 2.24) is 4.98 Å². The maximum absolute atomic E-state index is 10.9. The van der Waals surface area contributed by atoms with Gasteiger partial charge in [0.15, 0.2) is 5.13 Å². The van der Waals surface area contributed by atoms with Gasteiger partial charge in [-0.15, -0.1) is 12.4 Å². The maximum Gasteiger partial charge on any atom is 0.350 e. The van der Waals surface area contributed by atoms with E-state index in [2.05, 4.69) is 9.72 Å². The van der Waals surface area contributed by atoms with E-state index in [1.165, 1.54) is 7.11 Å². The Morgan fingerprint density at radius 2 is 2.25 bits per heavy atom. The summed E-state index contributed by atoms with van der Waals surface area (Å²) in [6.07, 6.45) is 0. The molecule has 0 atom stereocenters. The Hall–Kier alpha value is -0.810. The summed E-state index contributed by atoms with van der Waals surface area (Å²) in [5.74, 6) is -0.378. The first-order valence-electron chi connectivity index (χ1n) is 2.96. The van der Waals surface area contributed by atoms with Gasteiger partial charge in [-0.1, -0.05) is 11.3 Å². The first kappa shape index (κ1) is 11.2. The molecule has 0 radical (unpaired) electrons. The molecule has 2 N–H and O–H groups in total. The molecule has 0 spiro atoms. The Balaban J connectivity index is 0.00000121. The summed E-state index contributed by atoms with van der Waals surface area (Å²) in [4.78, 5) is 15.3. The zero-order chi connectivity index (χ0) is 8.43. The zero-order valence-corrected chi connectivity index (χ0v) is 8.29. The number of hydrogen-bond donors (Lipinski definition) is 1. The Morgan fingerprint density at radius 1 is 1.67 bits per heavy atom. The summed E-state index contributed by atoms with van der Waals surface area (Å²) in [6, 6.07) is 0. The van der Waals surface area contributed by atoms with Gasteiger partial charge in [-0.2, -0.15) is 0 Å². The average Bonchev–Trinajstić information content (AvgIpc) is 2.28. The number of nitrogen functional groups attached to an aromatic ring is 1. The van der Waals surface area contributed by atoms with Gasteiger partial charge in [-0.25, -0.2) is 9.78 Å². The Kier molecular flexibility index (Phi) is 3.99. The van der Waals surface area contributed by atoms with E-state index >= 15 is 0 Å². The minimum Gasteiger partial charge on any atom is -0.465 e. The summed E-state index contributed by atoms with van der Waals surface area (Å²) in [5, 5.41) is 0.392. The van der Waals surface area contributed by atoms with E-state index in [9.17, 15) is 4.79 Å². The molecule has 0 amide bonds. The topological polar surface area (TPSA) is 65.2 Å². The summed E-state index contributed by atoms with van der Waals surface area (Å²) in [6.45, 7) is 1.72. The molecular weight excluding hydrogens is 200 g/mol. The van der Waals surface area contributed by atoms with Crippen LogP contribution < -0.4 is 5.73 Å². The molecule has 0 saturated carbocycles. The minimum absolute atomic E-state index is 0. The average molecular weight is 209 g/mol. The number of aryl methyl sites for hydroxylation is 1. The first-order valence-corrected chi connectivity index (χ1v) is 3.78. The van der Waals surface area contributed by atoms with E-state index in [0.717, 1.165) is 11.3 Å². The third kappa shape index (κ3) is 2.09. The minimum atomic E-state index is -0.378. The number of esters is 1. The molecule has 0 fully saturated rings. The zero-order valence-electron chi connectivity index (χ0n) is 6.66. The maximum atomic E-state index is 10.9. The number of carbonyl (C=O) groups excluding carboxylic acids is 1. The van der Waals surface area contributed by atoms with Gasteiger partial charge in [0.25, 0.3) is 0 Å². The molecule has 0 bridgehead atoms. The SMILES string of the molecule is COC(=O)c1sc(N)nc1C.Cl. The van der Waals surface area contributed by atoms with E-state index in [-0.39, 0.29) is 18.4 Å². The molecule has 12 heavy (non-hydrogen) atoms. The highest BCUT2D eigenvalue weighted by molar-refractivity contribution is 7.17. The molecule has 0 saturated heterocycles. The van der Waals surface area contributed by atoms with Crippen molar-refractivity contribution >= 4 is 34.8 Å². The second-order valence-electron chi connectivity index (χ2n) is 1.96. The molecule has 0 aromatic carbocycles. The molecule has 1 heterocycles. The molecule has 6 heteroatoms. The summed E-state index contributed by atoms with van der Waals surface area (Å²) >= 11 is 1.14. The molecule has 4 nitrogen and oxygen atoms in total. The van der Waals surface area contributed by atoms with Crippen molar-refractivity contribution in [3.8, 4) is 0 Å². The number of thiazole rings is 1. The van der Waals surface area contributed by atoms with Crippen molar-refractivity contribution in [2.45, 2.75) is 6.92 Å². The van der Waals surface area contributed by atoms with Crippen LogP contribution in [-0.2, 0) is 4.74 Å². The first-order chi connectivity index (χ1) is 5.15. The molecule has 0 aliphatic rings. The van der Waals surface area contributed by atoms with Crippen LogP contribution >= 0.6 is 23.7 Å². The number of nitrogens with two attached hydrogens (primary N) is 1. The lowest BCUT2D eigenvalue weighted by Crippen LogP contribution is -1.99. The van der Waals surface area contributed by atoms with E-state index < -0.39 is 0 Å². The van der Waals surface area contributed by atoms with Crippen molar-refractivity contribution in [3.05, 3.63) is 10.6 Å². The molecule has 1 aromatic heterocycles. The largest absolute Gasteiger partial charge is 0.465 e. The number of carbonyl (C=O) groups is 1. The lowest BCUT2D eigenvalue weighted by Gasteiger charge is -1.92. The molecule has 0 unspecified atom stereocenters. The smallest absolute Gasteiger partial charge is 0.350 e. The van der Waals surface area contributed by atoms with Gasteiger partial charge in [0, 0.05) is 0 Å². The van der Waals surface area contributed by atoms with Crippen molar-refractivity contribution in [2.75, 3.05) is 12.8 Å². The van der Waals surface area contributed by atoms with Gasteiger partial charge in [-0.05, 0) is 6.92 Å². The number of aromatic nitrogens is 1. The Labute approximate surface area is 80.2 Å². The summed E-state index contributed by atoms with van der Waals surface area (Å²) < 4.78 is 4.51. The molecular formula is C6H9ClN2O2S. The Bertz CT molecular complexity index is 287. The van der Waals surface area contributed by atoms with Crippen LogP contribution in [0.4, 0.5) is 5.13 Å². The quantitative estimate of drug-likeness (QED) is 0.706. The van der Waals surface area contributed by atoms with E-state index in [0.29, 0.717) is 15.7 Å². The van der Waals surface area contributed by atoms with Gasteiger partial charge in [0.2, 0.25) is 0 Å². The number of ether oxygens (including phenoxy) is 1. The third-order valence-corrected chi connectivity index (χ3v) is 2.15. The third-order valence-electron chi connectivity index (χ3n) is 1.18. The number of halogens is 1. The highest BCUT2D eigenvalue weighted by atomic mass is 35.5. The monoisotopic (exact) mass is 208 g/mol. The fourth-order valence-electron chi connectivity index (χ4n) is 0.699. The Morgan fingerprint density at radius 3 is 2.58 bits per heavy atom. The van der Waals surface area contributed by atoms with Crippen LogP contribution in [0.1, 0.15) is 15.4 Å². The van der Waals surface area contributed by atoms with Crippen molar-refractivity contribution < 1.29 is 9.53 Å². The number of nitrogens with zero attached hydrogens (tertiary/aromatic N) is 1. The molecule has 68 valence electrons. The van der Waals surface area contributed by atoms with E-state index in [4.69, 9.17) is 5.73 Å². The fraction of sp³-hybridized carbons (Fsp3) is 0.333. The van der Waals surface area contributed by atoms with Crippen molar-refractivity contribution in [2.24, 2.45) is 0 Å². The summed E-state index contributed by atoms with van der Waals surface area (Å²) in [7, 11) is 1.33.